The zero-order chi connectivity index (χ0) is 19.8. The molecule has 0 saturated carbocycles. The molecule has 3 rings (SSSR count). The molecule has 3 heterocycles. The lowest BCUT2D eigenvalue weighted by atomic mass is 10.1. The molecule has 7 heteroatoms. The van der Waals surface area contributed by atoms with Crippen molar-refractivity contribution in [1.82, 2.24) is 19.5 Å². The van der Waals surface area contributed by atoms with Gasteiger partial charge in [-0.2, -0.15) is 0 Å². The van der Waals surface area contributed by atoms with Crippen molar-refractivity contribution in [3.63, 3.8) is 0 Å². The van der Waals surface area contributed by atoms with Crippen LogP contribution < -0.4 is 16.2 Å². The maximum absolute atomic E-state index is 12.8. The number of nitrogens with zero attached hydrogens (tertiary/aromatic N) is 4. The SMILES string of the molecule is [2H]C([2H])([2H])n1ccc2cc(Nc3cnccn3)nc(NC(C)(C)C)c2c1=O. The van der Waals surface area contributed by atoms with Crippen molar-refractivity contribution in [1.29, 1.82) is 0 Å². The van der Waals surface area contributed by atoms with E-state index < -0.39 is 18.1 Å². The van der Waals surface area contributed by atoms with Crippen LogP contribution in [0.5, 0.6) is 0 Å². The standard InChI is InChI=1S/C17H20N6O/c1-17(2,3)22-15-14-11(5-8-23(4)16(14)24)9-12(21-15)20-13-10-18-6-7-19-13/h5-10H,1-4H3,(H2,19,20,21,22)/i4D3. The largest absolute Gasteiger partial charge is 0.365 e. The topological polar surface area (TPSA) is 84.7 Å². The Morgan fingerprint density at radius 1 is 1.25 bits per heavy atom. The summed E-state index contributed by atoms with van der Waals surface area (Å²) in [7, 11) is 0. The summed E-state index contributed by atoms with van der Waals surface area (Å²) in [6, 6.07) is 3.25. The van der Waals surface area contributed by atoms with E-state index in [1.165, 1.54) is 6.20 Å². The Bertz CT molecular complexity index is 1020. The molecule has 0 amide bonds. The molecule has 3 aromatic heterocycles. The zero-order valence-electron chi connectivity index (χ0n) is 16.7. The van der Waals surface area contributed by atoms with Gasteiger partial charge in [0.15, 0.2) is 0 Å². The summed E-state index contributed by atoms with van der Waals surface area (Å²) < 4.78 is 23.4. The number of pyridine rings is 2. The molecule has 0 saturated heterocycles. The fraction of sp³-hybridized carbons (Fsp3) is 0.294. The summed E-state index contributed by atoms with van der Waals surface area (Å²) in [5, 5.41) is 7.01. The van der Waals surface area contributed by atoms with Crippen LogP contribution >= 0.6 is 0 Å². The number of aryl methyl sites for hydroxylation is 1. The highest BCUT2D eigenvalue weighted by Gasteiger charge is 2.16. The second-order valence-electron chi connectivity index (χ2n) is 6.40. The van der Waals surface area contributed by atoms with Crippen LogP contribution in [0.3, 0.4) is 0 Å². The van der Waals surface area contributed by atoms with Crippen molar-refractivity contribution in [2.45, 2.75) is 26.3 Å². The second kappa shape index (κ2) is 5.92. The van der Waals surface area contributed by atoms with E-state index in [4.69, 9.17) is 4.11 Å². The molecular weight excluding hydrogens is 304 g/mol. The third kappa shape index (κ3) is 3.34. The van der Waals surface area contributed by atoms with E-state index in [9.17, 15) is 4.79 Å². The summed E-state index contributed by atoms with van der Waals surface area (Å²) in [4.78, 5) is 25.5. The Morgan fingerprint density at radius 3 is 2.75 bits per heavy atom. The van der Waals surface area contributed by atoms with Gasteiger partial charge >= 0.3 is 0 Å². The highest BCUT2D eigenvalue weighted by molar-refractivity contribution is 5.93. The van der Waals surface area contributed by atoms with E-state index in [1.54, 1.807) is 30.7 Å². The van der Waals surface area contributed by atoms with Gasteiger partial charge in [-0.05, 0) is 38.3 Å². The number of aromatic nitrogens is 4. The lowest BCUT2D eigenvalue weighted by molar-refractivity contribution is 0.631. The summed E-state index contributed by atoms with van der Waals surface area (Å²) in [5.41, 5.74) is -1.02. The van der Waals surface area contributed by atoms with Crippen molar-refractivity contribution in [3.8, 4) is 0 Å². The van der Waals surface area contributed by atoms with Crippen LogP contribution in [0.1, 0.15) is 24.9 Å². The maximum atomic E-state index is 12.8. The second-order valence-corrected chi connectivity index (χ2v) is 6.40. The van der Waals surface area contributed by atoms with Gasteiger partial charge < -0.3 is 15.2 Å². The molecule has 3 aromatic rings. The first-order valence-electron chi connectivity index (χ1n) is 8.93. The molecule has 7 nitrogen and oxygen atoms in total. The van der Waals surface area contributed by atoms with Crippen molar-refractivity contribution < 1.29 is 4.11 Å². The first kappa shape index (κ1) is 12.5. The highest BCUT2D eigenvalue weighted by Crippen LogP contribution is 2.25. The Hall–Kier alpha value is -2.96. The Balaban J connectivity index is 2.21. The van der Waals surface area contributed by atoms with Crippen LogP contribution in [-0.2, 0) is 6.98 Å². The van der Waals surface area contributed by atoms with Crippen LogP contribution in [0.4, 0.5) is 17.5 Å². The van der Waals surface area contributed by atoms with E-state index >= 15 is 0 Å². The van der Waals surface area contributed by atoms with Gasteiger partial charge in [0, 0.05) is 35.2 Å². The minimum absolute atomic E-state index is 0.216. The monoisotopic (exact) mass is 327 g/mol. The van der Waals surface area contributed by atoms with E-state index in [0.717, 1.165) is 4.57 Å². The molecule has 0 atom stereocenters. The highest BCUT2D eigenvalue weighted by atomic mass is 16.1. The van der Waals surface area contributed by atoms with Crippen molar-refractivity contribution in [3.05, 3.63) is 47.3 Å². The van der Waals surface area contributed by atoms with Gasteiger partial charge in [-0.15, -0.1) is 0 Å². The molecule has 0 bridgehead atoms. The predicted molar refractivity (Wildman–Crippen MR) is 95.7 cm³/mol. The molecule has 0 aliphatic carbocycles. The van der Waals surface area contributed by atoms with E-state index in [0.29, 0.717) is 22.8 Å². The van der Waals surface area contributed by atoms with Gasteiger partial charge in [-0.1, -0.05) is 0 Å². The summed E-state index contributed by atoms with van der Waals surface area (Å²) >= 11 is 0. The molecule has 24 heavy (non-hydrogen) atoms. The fourth-order valence-corrected chi connectivity index (χ4v) is 2.27. The minimum Gasteiger partial charge on any atom is -0.365 e. The van der Waals surface area contributed by atoms with Crippen molar-refractivity contribution >= 4 is 28.2 Å². The molecule has 0 aromatic carbocycles. The average Bonchev–Trinajstić information content (AvgIpc) is 2.53. The predicted octanol–water partition coefficient (Wildman–Crippen LogP) is 2.68. The summed E-state index contributed by atoms with van der Waals surface area (Å²) in [6.45, 7) is 3.21. The van der Waals surface area contributed by atoms with Crippen LogP contribution in [0, 0.1) is 0 Å². The number of anilines is 3. The molecule has 0 unspecified atom stereocenters. The van der Waals surface area contributed by atoms with Crippen LogP contribution in [0.25, 0.3) is 10.8 Å². The molecule has 0 fully saturated rings. The number of rotatable bonds is 3. The first-order chi connectivity index (χ1) is 12.5. The first-order valence-corrected chi connectivity index (χ1v) is 7.43. The smallest absolute Gasteiger partial charge is 0.261 e. The minimum atomic E-state index is -2.57. The van der Waals surface area contributed by atoms with Gasteiger partial charge in [0.05, 0.1) is 11.6 Å². The fourth-order valence-electron chi connectivity index (χ4n) is 2.27. The quantitative estimate of drug-likeness (QED) is 0.769. The molecule has 124 valence electrons. The van der Waals surface area contributed by atoms with Gasteiger partial charge in [-0.3, -0.25) is 9.78 Å². The molecule has 0 aliphatic heterocycles. The van der Waals surface area contributed by atoms with Crippen LogP contribution in [-0.4, -0.2) is 25.1 Å². The molecule has 0 spiro atoms. The van der Waals surface area contributed by atoms with Gasteiger partial charge in [0.25, 0.3) is 5.56 Å². The molecule has 0 aliphatic rings. The molecular formula is C17H20N6O. The maximum Gasteiger partial charge on any atom is 0.261 e. The Labute approximate surface area is 144 Å². The Kier molecular flexibility index (Phi) is 3.07. The Morgan fingerprint density at radius 2 is 2.08 bits per heavy atom. The van der Waals surface area contributed by atoms with E-state index in [2.05, 4.69) is 25.6 Å². The molecule has 0 radical (unpaired) electrons. The zero-order valence-corrected chi connectivity index (χ0v) is 13.7. The lowest BCUT2D eigenvalue weighted by Gasteiger charge is -2.23. The third-order valence-electron chi connectivity index (χ3n) is 3.20. The lowest BCUT2D eigenvalue weighted by Crippen LogP contribution is -2.28. The third-order valence-corrected chi connectivity index (χ3v) is 3.20. The number of fused-ring (bicyclic) bond motifs is 1. The van der Waals surface area contributed by atoms with E-state index in [-0.39, 0.29) is 5.39 Å². The summed E-state index contributed by atoms with van der Waals surface area (Å²) in [6.07, 6.45) is 5.93. The van der Waals surface area contributed by atoms with Crippen molar-refractivity contribution in [2.75, 3.05) is 10.6 Å². The van der Waals surface area contributed by atoms with E-state index in [1.807, 2.05) is 20.8 Å². The normalized spacial score (nSPS) is 13.9. The van der Waals surface area contributed by atoms with Crippen molar-refractivity contribution in [2.24, 2.45) is 6.98 Å². The number of hydrogen-bond acceptors (Lipinski definition) is 6. The van der Waals surface area contributed by atoms with Gasteiger partial charge in [0.1, 0.15) is 17.5 Å². The number of nitrogens with one attached hydrogen (secondary N) is 2. The average molecular weight is 327 g/mol. The number of hydrogen-bond donors (Lipinski definition) is 2. The summed E-state index contributed by atoms with van der Waals surface area (Å²) in [5.74, 6) is 1.26. The van der Waals surface area contributed by atoms with Gasteiger partial charge in [-0.25, -0.2) is 9.97 Å². The molecule has 2 N–H and O–H groups in total. The van der Waals surface area contributed by atoms with Crippen LogP contribution in [0.2, 0.25) is 0 Å². The van der Waals surface area contributed by atoms with Crippen LogP contribution in [0.15, 0.2) is 41.7 Å². The van der Waals surface area contributed by atoms with Gasteiger partial charge in [0.2, 0.25) is 0 Å².